The Morgan fingerprint density at radius 3 is 2.54 bits per heavy atom. The van der Waals surface area contributed by atoms with Crippen LogP contribution in [0, 0.1) is 0 Å². The van der Waals surface area contributed by atoms with Crippen molar-refractivity contribution >= 4 is 34.4 Å². The highest BCUT2D eigenvalue weighted by Gasteiger charge is 2.12. The fourth-order valence-corrected chi connectivity index (χ4v) is 3.01. The molecule has 0 saturated carbocycles. The predicted octanol–water partition coefficient (Wildman–Crippen LogP) is 5.82. The van der Waals surface area contributed by atoms with Gasteiger partial charge in [0.15, 0.2) is 0 Å². The van der Waals surface area contributed by atoms with Gasteiger partial charge in [-0.2, -0.15) is 0 Å². The zero-order valence-electron chi connectivity index (χ0n) is 14.6. The number of fused-ring (bicyclic) bond motifs is 1. The Morgan fingerprint density at radius 1 is 1.04 bits per heavy atom. The summed E-state index contributed by atoms with van der Waals surface area (Å²) >= 11 is 6.13. The highest BCUT2D eigenvalue weighted by molar-refractivity contribution is 6.31. The van der Waals surface area contributed by atoms with Gasteiger partial charge in [-0.3, -0.25) is 0 Å². The maximum absolute atomic E-state index is 12.1. The summed E-state index contributed by atoms with van der Waals surface area (Å²) in [5, 5.41) is 2.74. The molecule has 0 radical (unpaired) electrons. The summed E-state index contributed by atoms with van der Waals surface area (Å²) in [5.41, 5.74) is 1.71. The van der Waals surface area contributed by atoms with Crippen LogP contribution < -0.4 is 4.74 Å². The molecule has 0 amide bonds. The van der Waals surface area contributed by atoms with E-state index in [1.54, 1.807) is 26.2 Å². The zero-order valence-corrected chi connectivity index (χ0v) is 15.4. The number of methoxy groups -OCH3 is 1. The summed E-state index contributed by atoms with van der Waals surface area (Å²) in [4.78, 5) is 12.1. The standard InChI is InChI=1S/C22H19ClO3/c1-15(20-5-3-4-6-21(20)23)26-22(24)12-8-16-7-9-18-14-19(25-2)11-10-17(18)13-16/h3-15H,1-2H3/b12-8+/t15-/m1/s1. The Morgan fingerprint density at radius 2 is 1.77 bits per heavy atom. The van der Waals surface area contributed by atoms with Crippen LogP contribution in [0.15, 0.2) is 66.7 Å². The van der Waals surface area contributed by atoms with Crippen molar-refractivity contribution in [3.05, 3.63) is 82.9 Å². The predicted molar refractivity (Wildman–Crippen MR) is 105 cm³/mol. The van der Waals surface area contributed by atoms with Crippen LogP contribution in [0.3, 0.4) is 0 Å². The van der Waals surface area contributed by atoms with E-state index in [2.05, 4.69) is 0 Å². The Kier molecular flexibility index (Phi) is 5.59. The van der Waals surface area contributed by atoms with Crippen LogP contribution >= 0.6 is 11.6 Å². The topological polar surface area (TPSA) is 35.5 Å². The molecule has 0 fully saturated rings. The fourth-order valence-electron chi connectivity index (χ4n) is 2.72. The van der Waals surface area contributed by atoms with Gasteiger partial charge in [0.05, 0.1) is 7.11 Å². The highest BCUT2D eigenvalue weighted by Crippen LogP contribution is 2.25. The second-order valence-electron chi connectivity index (χ2n) is 5.91. The van der Waals surface area contributed by atoms with Crippen molar-refractivity contribution in [3.63, 3.8) is 0 Å². The molecule has 3 aromatic carbocycles. The third kappa shape index (κ3) is 4.24. The van der Waals surface area contributed by atoms with Gasteiger partial charge in [-0.25, -0.2) is 4.79 Å². The van der Waals surface area contributed by atoms with Crippen molar-refractivity contribution in [3.8, 4) is 5.75 Å². The Bertz CT molecular complexity index is 963. The molecule has 0 aliphatic rings. The lowest BCUT2D eigenvalue weighted by Gasteiger charge is -2.13. The lowest BCUT2D eigenvalue weighted by Crippen LogP contribution is -2.06. The smallest absolute Gasteiger partial charge is 0.331 e. The number of carbonyl (C=O) groups is 1. The Balaban J connectivity index is 1.70. The minimum atomic E-state index is -0.412. The average Bonchev–Trinajstić information content (AvgIpc) is 2.66. The molecule has 4 heteroatoms. The first-order chi connectivity index (χ1) is 12.6. The number of benzene rings is 3. The average molecular weight is 367 g/mol. The van der Waals surface area contributed by atoms with Gasteiger partial charge in [-0.1, -0.05) is 48.0 Å². The minimum absolute atomic E-state index is 0.410. The molecule has 0 aliphatic heterocycles. The molecule has 0 spiro atoms. The molecule has 0 N–H and O–H groups in total. The van der Waals surface area contributed by atoms with Crippen LogP contribution in [0.4, 0.5) is 0 Å². The second-order valence-corrected chi connectivity index (χ2v) is 6.31. The lowest BCUT2D eigenvalue weighted by atomic mass is 10.1. The van der Waals surface area contributed by atoms with E-state index in [1.807, 2.05) is 54.6 Å². The maximum Gasteiger partial charge on any atom is 0.331 e. The third-order valence-corrected chi connectivity index (χ3v) is 4.46. The molecular weight excluding hydrogens is 348 g/mol. The normalized spacial score (nSPS) is 12.3. The summed E-state index contributed by atoms with van der Waals surface area (Å²) in [7, 11) is 1.65. The van der Waals surface area contributed by atoms with E-state index in [0.29, 0.717) is 5.02 Å². The summed E-state index contributed by atoms with van der Waals surface area (Å²) in [6, 6.07) is 19.2. The van der Waals surface area contributed by atoms with Gasteiger partial charge >= 0.3 is 5.97 Å². The van der Waals surface area contributed by atoms with Crippen molar-refractivity contribution in [2.24, 2.45) is 0 Å². The van der Waals surface area contributed by atoms with Gasteiger partial charge < -0.3 is 9.47 Å². The largest absolute Gasteiger partial charge is 0.497 e. The van der Waals surface area contributed by atoms with E-state index in [4.69, 9.17) is 21.1 Å². The Labute approximate surface area is 157 Å². The molecule has 1 atom stereocenters. The van der Waals surface area contributed by atoms with Crippen LogP contribution in [-0.4, -0.2) is 13.1 Å². The molecule has 0 unspecified atom stereocenters. The van der Waals surface area contributed by atoms with Crippen molar-refractivity contribution < 1.29 is 14.3 Å². The highest BCUT2D eigenvalue weighted by atomic mass is 35.5. The first-order valence-corrected chi connectivity index (χ1v) is 8.65. The van der Waals surface area contributed by atoms with Gasteiger partial charge in [0.2, 0.25) is 0 Å². The van der Waals surface area contributed by atoms with Crippen molar-refractivity contribution in [1.82, 2.24) is 0 Å². The molecule has 3 nitrogen and oxygen atoms in total. The van der Waals surface area contributed by atoms with E-state index >= 15 is 0 Å². The first kappa shape index (κ1) is 18.0. The summed E-state index contributed by atoms with van der Waals surface area (Å²) in [6.07, 6.45) is 2.76. The van der Waals surface area contributed by atoms with Gasteiger partial charge in [-0.05, 0) is 53.6 Å². The van der Waals surface area contributed by atoms with Gasteiger partial charge in [0.1, 0.15) is 11.9 Å². The molecular formula is C22H19ClO3. The van der Waals surface area contributed by atoms with Crippen molar-refractivity contribution in [2.75, 3.05) is 7.11 Å². The molecule has 0 aromatic heterocycles. The molecule has 132 valence electrons. The number of halogens is 1. The molecule has 0 heterocycles. The van der Waals surface area contributed by atoms with Crippen LogP contribution in [0.1, 0.15) is 24.2 Å². The van der Waals surface area contributed by atoms with Crippen LogP contribution in [0.25, 0.3) is 16.8 Å². The minimum Gasteiger partial charge on any atom is -0.497 e. The maximum atomic E-state index is 12.1. The number of rotatable bonds is 5. The van der Waals surface area contributed by atoms with E-state index in [1.165, 1.54) is 6.08 Å². The molecule has 3 rings (SSSR count). The second kappa shape index (κ2) is 8.07. The van der Waals surface area contributed by atoms with Crippen LogP contribution in [0.2, 0.25) is 5.02 Å². The van der Waals surface area contributed by atoms with E-state index < -0.39 is 12.1 Å². The Hall–Kier alpha value is -2.78. The first-order valence-electron chi connectivity index (χ1n) is 8.28. The molecule has 0 bridgehead atoms. The quantitative estimate of drug-likeness (QED) is 0.421. The van der Waals surface area contributed by atoms with E-state index in [-0.39, 0.29) is 0 Å². The summed E-state index contributed by atoms with van der Waals surface area (Å²) in [5.74, 6) is 0.408. The van der Waals surface area contributed by atoms with Gasteiger partial charge in [0.25, 0.3) is 0 Å². The number of esters is 1. The SMILES string of the molecule is COc1ccc2cc(/C=C/C(=O)O[C@H](C)c3ccccc3Cl)ccc2c1. The van der Waals surface area contributed by atoms with E-state index in [0.717, 1.165) is 27.6 Å². The number of hydrogen-bond acceptors (Lipinski definition) is 3. The van der Waals surface area contributed by atoms with Crippen molar-refractivity contribution in [2.45, 2.75) is 13.0 Å². The van der Waals surface area contributed by atoms with Crippen LogP contribution in [0.5, 0.6) is 5.75 Å². The van der Waals surface area contributed by atoms with Crippen LogP contribution in [-0.2, 0) is 9.53 Å². The number of carbonyl (C=O) groups excluding carboxylic acids is 1. The number of ether oxygens (including phenoxy) is 2. The summed E-state index contributed by atoms with van der Waals surface area (Å²) in [6.45, 7) is 1.80. The van der Waals surface area contributed by atoms with Crippen molar-refractivity contribution in [1.29, 1.82) is 0 Å². The molecule has 0 aliphatic carbocycles. The molecule has 0 saturated heterocycles. The zero-order chi connectivity index (χ0) is 18.5. The monoisotopic (exact) mass is 366 g/mol. The summed E-state index contributed by atoms with van der Waals surface area (Å²) < 4.78 is 10.7. The van der Waals surface area contributed by atoms with Gasteiger partial charge in [0, 0.05) is 16.7 Å². The van der Waals surface area contributed by atoms with Gasteiger partial charge in [-0.15, -0.1) is 0 Å². The number of hydrogen-bond donors (Lipinski definition) is 0. The third-order valence-electron chi connectivity index (χ3n) is 4.12. The molecule has 26 heavy (non-hydrogen) atoms. The lowest BCUT2D eigenvalue weighted by molar-refractivity contribution is -0.142. The molecule has 3 aromatic rings. The van der Waals surface area contributed by atoms with E-state index in [9.17, 15) is 4.79 Å². The fraction of sp³-hybridized carbons (Fsp3) is 0.136.